The Labute approximate surface area is 106 Å². The van der Waals surface area contributed by atoms with Crippen molar-refractivity contribution >= 4 is 0 Å². The van der Waals surface area contributed by atoms with E-state index in [1.165, 1.54) is 18.9 Å². The Kier molecular flexibility index (Phi) is 3.22. The normalized spacial score (nSPS) is 22.1. The second-order valence-corrected chi connectivity index (χ2v) is 5.15. The Hall–Kier alpha value is -1.13. The Morgan fingerprint density at radius 1 is 1.39 bits per heavy atom. The molecule has 1 aromatic carbocycles. The predicted molar refractivity (Wildman–Crippen MR) is 66.2 cm³/mol. The van der Waals surface area contributed by atoms with Gasteiger partial charge in [-0.1, -0.05) is 0 Å². The summed E-state index contributed by atoms with van der Waals surface area (Å²) in [6.45, 7) is 1.71. The van der Waals surface area contributed by atoms with E-state index in [1.807, 2.05) is 0 Å². The van der Waals surface area contributed by atoms with Crippen LogP contribution in [0.1, 0.15) is 18.4 Å². The number of ether oxygens (including phenoxy) is 1. The van der Waals surface area contributed by atoms with Gasteiger partial charge in [0.15, 0.2) is 0 Å². The second-order valence-electron chi connectivity index (χ2n) is 5.15. The fourth-order valence-electron chi connectivity index (χ4n) is 2.64. The van der Waals surface area contributed by atoms with Gasteiger partial charge in [0.2, 0.25) is 0 Å². The highest BCUT2D eigenvalue weighted by Crippen LogP contribution is 2.32. The van der Waals surface area contributed by atoms with Gasteiger partial charge in [-0.05, 0) is 31.0 Å². The van der Waals surface area contributed by atoms with Crippen molar-refractivity contribution in [3.05, 3.63) is 29.6 Å². The van der Waals surface area contributed by atoms with Crippen molar-refractivity contribution < 1.29 is 14.2 Å². The molecule has 18 heavy (non-hydrogen) atoms. The molecule has 1 N–H and O–H groups in total. The molecule has 2 aliphatic rings. The van der Waals surface area contributed by atoms with E-state index in [-0.39, 0.29) is 18.5 Å². The molecule has 1 fully saturated rings. The van der Waals surface area contributed by atoms with E-state index in [0.29, 0.717) is 12.6 Å². The van der Waals surface area contributed by atoms with Gasteiger partial charge < -0.3 is 9.84 Å². The summed E-state index contributed by atoms with van der Waals surface area (Å²) >= 11 is 0. The molecule has 0 amide bonds. The van der Waals surface area contributed by atoms with Gasteiger partial charge in [-0.25, -0.2) is 4.39 Å². The second kappa shape index (κ2) is 4.86. The van der Waals surface area contributed by atoms with Crippen molar-refractivity contribution in [2.24, 2.45) is 0 Å². The van der Waals surface area contributed by atoms with Crippen LogP contribution in [0.25, 0.3) is 0 Å². The summed E-state index contributed by atoms with van der Waals surface area (Å²) in [5, 5.41) is 9.07. The first-order valence-corrected chi connectivity index (χ1v) is 6.56. The summed E-state index contributed by atoms with van der Waals surface area (Å²) in [5.41, 5.74) is 0.958. The number of halogens is 1. The van der Waals surface area contributed by atoms with Crippen molar-refractivity contribution in [1.82, 2.24) is 4.90 Å². The lowest BCUT2D eigenvalue weighted by atomic mass is 10.1. The highest BCUT2D eigenvalue weighted by atomic mass is 19.1. The minimum absolute atomic E-state index is 0.0916. The molecule has 0 aromatic heterocycles. The molecule has 4 heteroatoms. The number of rotatable bonds is 5. The number of hydrogen-bond acceptors (Lipinski definition) is 3. The van der Waals surface area contributed by atoms with Crippen LogP contribution in [0.5, 0.6) is 5.75 Å². The van der Waals surface area contributed by atoms with Crippen LogP contribution in [0, 0.1) is 5.82 Å². The molecule has 1 unspecified atom stereocenters. The summed E-state index contributed by atoms with van der Waals surface area (Å²) in [5.74, 6) is 0.605. The van der Waals surface area contributed by atoms with E-state index in [1.54, 1.807) is 12.1 Å². The van der Waals surface area contributed by atoms with E-state index in [4.69, 9.17) is 9.84 Å². The van der Waals surface area contributed by atoms with Crippen molar-refractivity contribution in [3.8, 4) is 5.75 Å². The van der Waals surface area contributed by atoms with Crippen molar-refractivity contribution in [1.29, 1.82) is 0 Å². The summed E-state index contributed by atoms with van der Waals surface area (Å²) in [6.07, 6.45) is 3.29. The average molecular weight is 251 g/mol. The van der Waals surface area contributed by atoms with Gasteiger partial charge >= 0.3 is 0 Å². The van der Waals surface area contributed by atoms with Crippen molar-refractivity contribution in [2.45, 2.75) is 31.4 Å². The lowest BCUT2D eigenvalue weighted by Crippen LogP contribution is -2.38. The monoisotopic (exact) mass is 251 g/mol. The maximum absolute atomic E-state index is 13.1. The van der Waals surface area contributed by atoms with Gasteiger partial charge in [0.25, 0.3) is 0 Å². The Morgan fingerprint density at radius 2 is 2.22 bits per heavy atom. The van der Waals surface area contributed by atoms with Crippen molar-refractivity contribution in [3.63, 3.8) is 0 Å². The van der Waals surface area contributed by atoms with Gasteiger partial charge in [-0.3, -0.25) is 4.90 Å². The zero-order chi connectivity index (χ0) is 12.5. The quantitative estimate of drug-likeness (QED) is 0.862. The third kappa shape index (κ3) is 2.49. The molecule has 3 nitrogen and oxygen atoms in total. The molecular formula is C14H18FNO2. The summed E-state index contributed by atoms with van der Waals surface area (Å²) in [4.78, 5) is 2.28. The van der Waals surface area contributed by atoms with E-state index in [0.717, 1.165) is 24.3 Å². The molecule has 1 aromatic rings. The van der Waals surface area contributed by atoms with Gasteiger partial charge in [0.1, 0.15) is 17.7 Å². The Morgan fingerprint density at radius 3 is 2.94 bits per heavy atom. The average Bonchev–Trinajstić information content (AvgIpc) is 3.10. The molecule has 0 radical (unpaired) electrons. The van der Waals surface area contributed by atoms with Gasteiger partial charge in [0, 0.05) is 31.1 Å². The molecule has 98 valence electrons. The first kappa shape index (κ1) is 11.9. The van der Waals surface area contributed by atoms with Gasteiger partial charge in [-0.2, -0.15) is 0 Å². The zero-order valence-electron chi connectivity index (χ0n) is 10.3. The van der Waals surface area contributed by atoms with E-state index >= 15 is 0 Å². The van der Waals surface area contributed by atoms with E-state index in [2.05, 4.69) is 4.90 Å². The molecular weight excluding hydrogens is 233 g/mol. The summed E-state index contributed by atoms with van der Waals surface area (Å²) < 4.78 is 18.9. The number of aliphatic hydroxyl groups excluding tert-OH is 1. The van der Waals surface area contributed by atoms with Crippen LogP contribution in [-0.2, 0) is 6.42 Å². The SMILES string of the molecule is OCCN(CC1Cc2cc(F)ccc2O1)C1CC1. The van der Waals surface area contributed by atoms with Crippen LogP contribution in [0.2, 0.25) is 0 Å². The first-order valence-electron chi connectivity index (χ1n) is 6.56. The number of hydrogen-bond donors (Lipinski definition) is 1. The van der Waals surface area contributed by atoms with Crippen molar-refractivity contribution in [2.75, 3.05) is 19.7 Å². The number of aliphatic hydroxyl groups is 1. The third-order valence-electron chi connectivity index (χ3n) is 3.65. The van der Waals surface area contributed by atoms with Gasteiger partial charge in [-0.15, -0.1) is 0 Å². The largest absolute Gasteiger partial charge is 0.488 e. The van der Waals surface area contributed by atoms with Crippen LogP contribution in [-0.4, -0.2) is 41.8 Å². The molecule has 1 heterocycles. The first-order chi connectivity index (χ1) is 8.76. The maximum atomic E-state index is 13.1. The molecule has 1 saturated carbocycles. The molecule has 1 aliphatic heterocycles. The highest BCUT2D eigenvalue weighted by molar-refractivity contribution is 5.37. The minimum Gasteiger partial charge on any atom is -0.488 e. The molecule has 0 bridgehead atoms. The molecule has 0 saturated heterocycles. The van der Waals surface area contributed by atoms with Crippen LogP contribution in [0.3, 0.4) is 0 Å². The number of nitrogens with zero attached hydrogens (tertiary/aromatic N) is 1. The lowest BCUT2D eigenvalue weighted by Gasteiger charge is -2.24. The van der Waals surface area contributed by atoms with E-state index < -0.39 is 0 Å². The third-order valence-corrected chi connectivity index (χ3v) is 3.65. The number of benzene rings is 1. The lowest BCUT2D eigenvalue weighted by molar-refractivity contribution is 0.124. The summed E-state index contributed by atoms with van der Waals surface area (Å²) in [7, 11) is 0. The van der Waals surface area contributed by atoms with Crippen LogP contribution in [0.4, 0.5) is 4.39 Å². The van der Waals surface area contributed by atoms with Crippen LogP contribution in [0.15, 0.2) is 18.2 Å². The fraction of sp³-hybridized carbons (Fsp3) is 0.571. The molecule has 0 spiro atoms. The van der Waals surface area contributed by atoms with E-state index in [9.17, 15) is 4.39 Å². The van der Waals surface area contributed by atoms with Crippen LogP contribution >= 0.6 is 0 Å². The van der Waals surface area contributed by atoms with Gasteiger partial charge in [0.05, 0.1) is 6.61 Å². The molecule has 1 atom stereocenters. The number of fused-ring (bicyclic) bond motifs is 1. The topological polar surface area (TPSA) is 32.7 Å². The zero-order valence-corrected chi connectivity index (χ0v) is 10.3. The molecule has 1 aliphatic carbocycles. The summed E-state index contributed by atoms with van der Waals surface area (Å²) in [6, 6.07) is 5.32. The smallest absolute Gasteiger partial charge is 0.123 e. The highest BCUT2D eigenvalue weighted by Gasteiger charge is 2.32. The molecule has 3 rings (SSSR count). The van der Waals surface area contributed by atoms with Crippen LogP contribution < -0.4 is 4.74 Å². The minimum atomic E-state index is -0.201. The fourth-order valence-corrected chi connectivity index (χ4v) is 2.64. The Balaban J connectivity index is 1.62. The maximum Gasteiger partial charge on any atom is 0.123 e. The standard InChI is InChI=1S/C14H18FNO2/c15-11-1-4-14-10(7-11)8-13(18-14)9-16(5-6-17)12-2-3-12/h1,4,7,12-13,17H,2-3,5-6,8-9H2. The predicted octanol–water partition coefficient (Wildman–Crippen LogP) is 1.59. The Bertz CT molecular complexity index is 434.